The fraction of sp³-hybridized carbons (Fsp3) is 1.00. The van der Waals surface area contributed by atoms with Crippen LogP contribution in [-0.2, 0) is 18.9 Å². The van der Waals surface area contributed by atoms with E-state index in [0.29, 0.717) is 6.61 Å². The monoisotopic (exact) mass is 218 g/mol. The van der Waals surface area contributed by atoms with Crippen LogP contribution in [0.5, 0.6) is 0 Å². The van der Waals surface area contributed by atoms with Crippen LogP contribution in [0.2, 0.25) is 0 Å². The second-order valence-corrected chi connectivity index (χ2v) is 3.92. The Kier molecular flexibility index (Phi) is 4.99. The van der Waals surface area contributed by atoms with Gasteiger partial charge in [-0.15, -0.1) is 0 Å². The van der Waals surface area contributed by atoms with Crippen LogP contribution in [0.3, 0.4) is 0 Å². The van der Waals surface area contributed by atoms with Crippen molar-refractivity contribution in [2.24, 2.45) is 5.92 Å². The van der Waals surface area contributed by atoms with E-state index in [1.165, 1.54) is 0 Å². The highest BCUT2D eigenvalue weighted by atomic mass is 16.7. The number of rotatable bonds is 4. The Morgan fingerprint density at radius 1 is 1.07 bits per heavy atom. The molecule has 3 unspecified atom stereocenters. The van der Waals surface area contributed by atoms with Gasteiger partial charge in [0.1, 0.15) is 6.10 Å². The molecule has 4 nitrogen and oxygen atoms in total. The van der Waals surface area contributed by atoms with Crippen LogP contribution in [0.4, 0.5) is 0 Å². The van der Waals surface area contributed by atoms with Crippen molar-refractivity contribution in [1.82, 2.24) is 0 Å². The second kappa shape index (κ2) is 5.80. The molecule has 0 aromatic heterocycles. The van der Waals surface area contributed by atoms with E-state index >= 15 is 0 Å². The molecule has 0 aliphatic carbocycles. The highest BCUT2D eigenvalue weighted by Crippen LogP contribution is 2.29. The highest BCUT2D eigenvalue weighted by molar-refractivity contribution is 4.87. The van der Waals surface area contributed by atoms with Crippen molar-refractivity contribution in [3.63, 3.8) is 0 Å². The Morgan fingerprint density at radius 3 is 2.20 bits per heavy atom. The maximum Gasteiger partial charge on any atom is 0.162 e. The highest BCUT2D eigenvalue weighted by Gasteiger charge is 2.42. The predicted octanol–water partition coefficient (Wildman–Crippen LogP) is 1.43. The Hall–Kier alpha value is -0.160. The first-order valence-corrected chi connectivity index (χ1v) is 5.48. The topological polar surface area (TPSA) is 36.9 Å². The van der Waals surface area contributed by atoms with Gasteiger partial charge in [0.05, 0.1) is 12.2 Å². The molecule has 0 spiro atoms. The predicted molar refractivity (Wildman–Crippen MR) is 56.7 cm³/mol. The summed E-state index contributed by atoms with van der Waals surface area (Å²) in [5, 5.41) is 0. The van der Waals surface area contributed by atoms with Crippen molar-refractivity contribution >= 4 is 0 Å². The van der Waals surface area contributed by atoms with Crippen molar-refractivity contribution in [1.29, 1.82) is 0 Å². The lowest BCUT2D eigenvalue weighted by Gasteiger charge is -2.43. The molecule has 4 heteroatoms. The zero-order chi connectivity index (χ0) is 11.4. The fourth-order valence-electron chi connectivity index (χ4n) is 2.17. The molecule has 0 radical (unpaired) electrons. The third-order valence-electron chi connectivity index (χ3n) is 2.95. The summed E-state index contributed by atoms with van der Waals surface area (Å²) in [6.45, 7) is 6.71. The molecule has 90 valence electrons. The lowest BCUT2D eigenvalue weighted by Crippen LogP contribution is -2.54. The first kappa shape index (κ1) is 12.9. The average molecular weight is 218 g/mol. The van der Waals surface area contributed by atoms with Gasteiger partial charge in [-0.3, -0.25) is 0 Å². The number of hydrogen-bond donors (Lipinski definition) is 0. The lowest BCUT2D eigenvalue weighted by atomic mass is 9.92. The van der Waals surface area contributed by atoms with Crippen LogP contribution in [0.1, 0.15) is 20.8 Å². The number of hydrogen-bond acceptors (Lipinski definition) is 4. The van der Waals surface area contributed by atoms with E-state index in [9.17, 15) is 0 Å². The molecular weight excluding hydrogens is 196 g/mol. The van der Waals surface area contributed by atoms with Gasteiger partial charge in [-0.2, -0.15) is 0 Å². The van der Waals surface area contributed by atoms with E-state index in [1.807, 2.05) is 13.8 Å². The second-order valence-electron chi connectivity index (χ2n) is 3.92. The SMILES string of the molecule is CCOC1C(C)[C@@H](OC)OC(C)[C@H]1OC. The molecule has 1 rings (SSSR count). The minimum absolute atomic E-state index is 0.00676. The maximum atomic E-state index is 5.72. The summed E-state index contributed by atoms with van der Waals surface area (Å²) in [7, 11) is 3.35. The van der Waals surface area contributed by atoms with Crippen molar-refractivity contribution < 1.29 is 18.9 Å². The van der Waals surface area contributed by atoms with Gasteiger partial charge >= 0.3 is 0 Å². The molecule has 0 saturated carbocycles. The minimum atomic E-state index is -0.206. The van der Waals surface area contributed by atoms with Crippen molar-refractivity contribution in [3.8, 4) is 0 Å². The summed E-state index contributed by atoms with van der Waals surface area (Å²) in [4.78, 5) is 0. The number of methoxy groups -OCH3 is 2. The average Bonchev–Trinajstić information content (AvgIpc) is 2.23. The first-order chi connectivity index (χ1) is 7.15. The van der Waals surface area contributed by atoms with Crippen LogP contribution in [0.15, 0.2) is 0 Å². The van der Waals surface area contributed by atoms with E-state index in [0.717, 1.165) is 0 Å². The van der Waals surface area contributed by atoms with Gasteiger partial charge in [-0.25, -0.2) is 0 Å². The van der Waals surface area contributed by atoms with Crippen LogP contribution in [-0.4, -0.2) is 45.4 Å². The van der Waals surface area contributed by atoms with Gasteiger partial charge in [0.15, 0.2) is 6.29 Å². The van der Waals surface area contributed by atoms with Gasteiger partial charge in [0.25, 0.3) is 0 Å². The van der Waals surface area contributed by atoms with Gasteiger partial charge in [0, 0.05) is 26.7 Å². The van der Waals surface area contributed by atoms with Crippen LogP contribution in [0.25, 0.3) is 0 Å². The Morgan fingerprint density at radius 2 is 1.73 bits per heavy atom. The zero-order valence-electron chi connectivity index (χ0n) is 10.2. The zero-order valence-corrected chi connectivity index (χ0v) is 10.2. The molecule has 1 saturated heterocycles. The largest absolute Gasteiger partial charge is 0.376 e. The normalized spacial score (nSPS) is 41.8. The van der Waals surface area contributed by atoms with Crippen LogP contribution < -0.4 is 0 Å². The van der Waals surface area contributed by atoms with E-state index in [1.54, 1.807) is 14.2 Å². The minimum Gasteiger partial charge on any atom is -0.376 e. The van der Waals surface area contributed by atoms with Gasteiger partial charge in [-0.05, 0) is 13.8 Å². The molecule has 0 aromatic carbocycles. The fourth-order valence-corrected chi connectivity index (χ4v) is 2.17. The molecule has 1 aliphatic heterocycles. The third kappa shape index (κ3) is 2.69. The molecule has 0 amide bonds. The third-order valence-corrected chi connectivity index (χ3v) is 2.95. The quantitative estimate of drug-likeness (QED) is 0.715. The summed E-state index contributed by atoms with van der Waals surface area (Å²) in [5.41, 5.74) is 0. The van der Waals surface area contributed by atoms with E-state index < -0.39 is 0 Å². The molecule has 5 atom stereocenters. The lowest BCUT2D eigenvalue weighted by molar-refractivity contribution is -0.276. The van der Waals surface area contributed by atoms with Crippen molar-refractivity contribution in [3.05, 3.63) is 0 Å². The molecule has 0 bridgehead atoms. The van der Waals surface area contributed by atoms with Crippen LogP contribution in [0, 0.1) is 5.92 Å². The molecule has 1 heterocycles. The molecule has 1 fully saturated rings. The molecule has 1 aliphatic rings. The van der Waals surface area contributed by atoms with Crippen molar-refractivity contribution in [2.75, 3.05) is 20.8 Å². The first-order valence-electron chi connectivity index (χ1n) is 5.48. The van der Waals surface area contributed by atoms with E-state index in [2.05, 4.69) is 6.92 Å². The maximum absolute atomic E-state index is 5.72. The Balaban J connectivity index is 2.73. The van der Waals surface area contributed by atoms with Gasteiger partial charge in [0.2, 0.25) is 0 Å². The van der Waals surface area contributed by atoms with Gasteiger partial charge < -0.3 is 18.9 Å². The summed E-state index contributed by atoms with van der Waals surface area (Å²) in [5.74, 6) is 0.177. The van der Waals surface area contributed by atoms with Gasteiger partial charge in [-0.1, -0.05) is 6.92 Å². The summed E-state index contributed by atoms with van der Waals surface area (Å²) in [6, 6.07) is 0. The smallest absolute Gasteiger partial charge is 0.162 e. The van der Waals surface area contributed by atoms with Crippen LogP contribution >= 0.6 is 0 Å². The number of ether oxygens (including phenoxy) is 4. The molecule has 15 heavy (non-hydrogen) atoms. The van der Waals surface area contributed by atoms with E-state index in [-0.39, 0.29) is 30.5 Å². The van der Waals surface area contributed by atoms with Crippen molar-refractivity contribution in [2.45, 2.75) is 45.4 Å². The molecule has 0 aromatic rings. The summed E-state index contributed by atoms with van der Waals surface area (Å²) in [6.07, 6.45) is -0.198. The summed E-state index contributed by atoms with van der Waals surface area (Å²) >= 11 is 0. The molecular formula is C11H22O4. The van der Waals surface area contributed by atoms with E-state index in [4.69, 9.17) is 18.9 Å². The molecule has 0 N–H and O–H groups in total. The standard InChI is InChI=1S/C11H22O4/c1-6-14-9-7(2)11(13-5)15-8(3)10(9)12-4/h7-11H,6H2,1-5H3/t7?,8?,9?,10-,11+/m1/s1. The summed E-state index contributed by atoms with van der Waals surface area (Å²) < 4.78 is 22.1. The Labute approximate surface area is 91.8 Å². The Bertz CT molecular complexity index is 185.